The second-order valence-corrected chi connectivity index (χ2v) is 6.33. The molecule has 2 atom stereocenters. The fourth-order valence-electron chi connectivity index (χ4n) is 2.91. The summed E-state index contributed by atoms with van der Waals surface area (Å²) in [5, 5.41) is 11.7. The third-order valence-corrected chi connectivity index (χ3v) is 4.28. The lowest BCUT2D eigenvalue weighted by atomic mass is 9.93. The molecule has 1 aliphatic rings. The summed E-state index contributed by atoms with van der Waals surface area (Å²) < 4.78 is 11.6. The van der Waals surface area contributed by atoms with E-state index < -0.39 is 6.29 Å². The van der Waals surface area contributed by atoms with Gasteiger partial charge in [-0.3, -0.25) is 9.78 Å². The number of ether oxygens (including phenoxy) is 2. The molecular formula is C21H24N2O4. The first-order chi connectivity index (χ1) is 13.3. The fraction of sp³-hybridized carbons (Fsp3) is 0.333. The van der Waals surface area contributed by atoms with Crippen LogP contribution >= 0.6 is 0 Å². The first kappa shape index (κ1) is 19.1. The van der Waals surface area contributed by atoms with Crippen molar-refractivity contribution in [2.24, 2.45) is 0 Å². The van der Waals surface area contributed by atoms with Crippen molar-refractivity contribution in [1.82, 2.24) is 4.98 Å². The molecule has 2 N–H and O–H groups in total. The van der Waals surface area contributed by atoms with Crippen molar-refractivity contribution >= 4 is 11.6 Å². The second-order valence-electron chi connectivity index (χ2n) is 6.33. The lowest BCUT2D eigenvalue weighted by molar-refractivity contribution is -0.143. The number of allylic oxidation sites excluding steroid dienone is 1. The highest BCUT2D eigenvalue weighted by Crippen LogP contribution is 2.31. The maximum Gasteiger partial charge on any atom is 0.290 e. The van der Waals surface area contributed by atoms with Crippen LogP contribution in [-0.2, 0) is 14.3 Å². The number of aliphatic hydroxyl groups excluding tert-OH is 1. The van der Waals surface area contributed by atoms with E-state index in [1.165, 1.54) is 0 Å². The third kappa shape index (κ3) is 5.64. The molecule has 0 fully saturated rings. The predicted molar refractivity (Wildman–Crippen MR) is 102 cm³/mol. The van der Waals surface area contributed by atoms with E-state index >= 15 is 0 Å². The molecule has 0 unspecified atom stereocenters. The van der Waals surface area contributed by atoms with Gasteiger partial charge in [0.2, 0.25) is 6.29 Å². The van der Waals surface area contributed by atoms with Gasteiger partial charge in [-0.1, -0.05) is 30.3 Å². The molecular weight excluding hydrogens is 344 g/mol. The number of anilines is 1. The summed E-state index contributed by atoms with van der Waals surface area (Å²) in [6, 6.07) is 13.5. The fourth-order valence-corrected chi connectivity index (χ4v) is 2.91. The van der Waals surface area contributed by atoms with Gasteiger partial charge in [0, 0.05) is 25.1 Å². The number of carbonyl (C=O) groups is 1. The van der Waals surface area contributed by atoms with E-state index in [4.69, 9.17) is 14.6 Å². The number of unbranched alkanes of at least 4 members (excludes halogenated alkanes) is 1. The van der Waals surface area contributed by atoms with Crippen molar-refractivity contribution in [3.63, 3.8) is 0 Å². The maximum atomic E-state index is 12.6. The molecule has 0 saturated heterocycles. The highest BCUT2D eigenvalue weighted by Gasteiger charge is 2.28. The molecule has 0 bridgehead atoms. The summed E-state index contributed by atoms with van der Waals surface area (Å²) >= 11 is 0. The lowest BCUT2D eigenvalue weighted by Gasteiger charge is -2.29. The van der Waals surface area contributed by atoms with Gasteiger partial charge < -0.3 is 19.9 Å². The van der Waals surface area contributed by atoms with Crippen LogP contribution in [0.25, 0.3) is 0 Å². The Hall–Kier alpha value is -2.70. The SMILES string of the molecule is O=C(Nc1cccnc1)C1=C[C@H](c2ccccc2)C[C@H](OCCCCO)O1. The number of pyridine rings is 1. The topological polar surface area (TPSA) is 80.7 Å². The van der Waals surface area contributed by atoms with Gasteiger partial charge in [0.25, 0.3) is 5.91 Å². The van der Waals surface area contributed by atoms with Crippen LogP contribution in [0.3, 0.4) is 0 Å². The molecule has 6 nitrogen and oxygen atoms in total. The number of aliphatic hydroxyl groups is 1. The number of nitrogens with one attached hydrogen (secondary N) is 1. The second kappa shape index (κ2) is 9.85. The van der Waals surface area contributed by atoms with Crippen molar-refractivity contribution in [2.75, 3.05) is 18.5 Å². The molecule has 0 saturated carbocycles. The molecule has 3 rings (SSSR count). The van der Waals surface area contributed by atoms with Gasteiger partial charge in [0.15, 0.2) is 5.76 Å². The Balaban J connectivity index is 1.72. The lowest BCUT2D eigenvalue weighted by Crippen LogP contribution is -2.29. The molecule has 0 aliphatic carbocycles. The van der Waals surface area contributed by atoms with E-state index in [0.29, 0.717) is 25.1 Å². The van der Waals surface area contributed by atoms with Gasteiger partial charge in [-0.05, 0) is 36.6 Å². The van der Waals surface area contributed by atoms with Crippen molar-refractivity contribution in [1.29, 1.82) is 0 Å². The van der Waals surface area contributed by atoms with Crippen molar-refractivity contribution < 1.29 is 19.4 Å². The molecule has 1 amide bonds. The number of nitrogens with zero attached hydrogens (tertiary/aromatic N) is 1. The van der Waals surface area contributed by atoms with E-state index in [1.807, 2.05) is 36.4 Å². The molecule has 142 valence electrons. The summed E-state index contributed by atoms with van der Waals surface area (Å²) in [6.45, 7) is 0.616. The van der Waals surface area contributed by atoms with Crippen LogP contribution in [0, 0.1) is 0 Å². The Kier molecular flexibility index (Phi) is 6.96. The molecule has 1 aliphatic heterocycles. The predicted octanol–water partition coefficient (Wildman–Crippen LogP) is 3.22. The van der Waals surface area contributed by atoms with Crippen molar-refractivity contribution in [3.8, 4) is 0 Å². The zero-order chi connectivity index (χ0) is 18.9. The molecule has 1 aromatic carbocycles. The van der Waals surface area contributed by atoms with Gasteiger partial charge in [-0.2, -0.15) is 0 Å². The van der Waals surface area contributed by atoms with Gasteiger partial charge in [-0.15, -0.1) is 0 Å². The van der Waals surface area contributed by atoms with E-state index in [1.54, 1.807) is 24.5 Å². The smallest absolute Gasteiger partial charge is 0.290 e. The number of hydrogen-bond acceptors (Lipinski definition) is 5. The van der Waals surface area contributed by atoms with Crippen LogP contribution < -0.4 is 5.32 Å². The minimum Gasteiger partial charge on any atom is -0.459 e. The summed E-state index contributed by atoms with van der Waals surface area (Å²) in [4.78, 5) is 16.6. The average molecular weight is 368 g/mol. The number of amides is 1. The highest BCUT2D eigenvalue weighted by molar-refractivity contribution is 6.02. The highest BCUT2D eigenvalue weighted by atomic mass is 16.7. The van der Waals surface area contributed by atoms with Crippen molar-refractivity contribution in [3.05, 3.63) is 72.3 Å². The molecule has 1 aromatic heterocycles. The molecule has 0 spiro atoms. The number of hydrogen-bond donors (Lipinski definition) is 2. The Morgan fingerprint density at radius 1 is 1.22 bits per heavy atom. The van der Waals surface area contributed by atoms with Gasteiger partial charge >= 0.3 is 0 Å². The third-order valence-electron chi connectivity index (χ3n) is 4.28. The monoisotopic (exact) mass is 368 g/mol. The van der Waals surface area contributed by atoms with E-state index in [-0.39, 0.29) is 24.2 Å². The first-order valence-electron chi connectivity index (χ1n) is 9.13. The van der Waals surface area contributed by atoms with Crippen LogP contribution in [0.1, 0.15) is 30.7 Å². The maximum absolute atomic E-state index is 12.6. The van der Waals surface area contributed by atoms with E-state index in [2.05, 4.69) is 10.3 Å². The largest absolute Gasteiger partial charge is 0.459 e. The zero-order valence-corrected chi connectivity index (χ0v) is 15.1. The van der Waals surface area contributed by atoms with Crippen molar-refractivity contribution in [2.45, 2.75) is 31.5 Å². The van der Waals surface area contributed by atoms with Gasteiger partial charge in [0.05, 0.1) is 18.5 Å². The summed E-state index contributed by atoms with van der Waals surface area (Å²) in [5.74, 6) is -0.0591. The summed E-state index contributed by atoms with van der Waals surface area (Å²) in [6.07, 6.45) is 6.62. The Labute approximate surface area is 158 Å². The molecule has 0 radical (unpaired) electrons. The van der Waals surface area contributed by atoms with Crippen LogP contribution in [-0.4, -0.2) is 35.5 Å². The number of carbonyl (C=O) groups excluding carboxylic acids is 1. The first-order valence-corrected chi connectivity index (χ1v) is 9.13. The molecule has 2 heterocycles. The minimum atomic E-state index is -0.506. The Morgan fingerprint density at radius 2 is 2.07 bits per heavy atom. The quantitative estimate of drug-likeness (QED) is 0.699. The number of rotatable bonds is 8. The number of benzene rings is 1. The average Bonchev–Trinajstić information content (AvgIpc) is 2.72. The molecule has 27 heavy (non-hydrogen) atoms. The van der Waals surface area contributed by atoms with Crippen LogP contribution in [0.4, 0.5) is 5.69 Å². The van der Waals surface area contributed by atoms with Crippen LogP contribution in [0.15, 0.2) is 66.7 Å². The summed E-state index contributed by atoms with van der Waals surface area (Å²) in [5.41, 5.74) is 1.71. The van der Waals surface area contributed by atoms with Crippen LogP contribution in [0.2, 0.25) is 0 Å². The van der Waals surface area contributed by atoms with E-state index in [9.17, 15) is 4.79 Å². The van der Waals surface area contributed by atoms with Gasteiger partial charge in [0.1, 0.15) is 0 Å². The standard InChI is InChI=1S/C21H24N2O4/c24-11-4-5-12-26-20-14-17(16-7-2-1-3-8-16)13-19(27-20)21(25)23-18-9-6-10-22-15-18/h1-3,6-10,13,15,17,20,24H,4-5,11-12,14H2,(H,23,25)/t17-,20+/m0/s1. The minimum absolute atomic E-state index is 0.0254. The normalized spacial score (nSPS) is 19.1. The molecule has 2 aromatic rings. The van der Waals surface area contributed by atoms with Crippen LogP contribution in [0.5, 0.6) is 0 Å². The Bertz CT molecular complexity index is 749. The summed E-state index contributed by atoms with van der Waals surface area (Å²) in [7, 11) is 0. The number of aromatic nitrogens is 1. The molecule has 6 heteroatoms. The van der Waals surface area contributed by atoms with E-state index in [0.717, 1.165) is 12.0 Å². The zero-order valence-electron chi connectivity index (χ0n) is 15.1. The van der Waals surface area contributed by atoms with Gasteiger partial charge in [-0.25, -0.2) is 0 Å². The Morgan fingerprint density at radius 3 is 2.81 bits per heavy atom.